The molecule has 1 aliphatic rings. The summed E-state index contributed by atoms with van der Waals surface area (Å²) in [5, 5.41) is 13.0. The predicted octanol–water partition coefficient (Wildman–Crippen LogP) is 0.935. The summed E-state index contributed by atoms with van der Waals surface area (Å²) in [4.78, 5) is 32.8. The highest BCUT2D eigenvalue weighted by Gasteiger charge is 2.22. The van der Waals surface area contributed by atoms with Crippen LogP contribution in [0.4, 0.5) is 4.79 Å². The molecule has 1 aromatic rings. The highest BCUT2D eigenvalue weighted by Crippen LogP contribution is 2.23. The third-order valence-corrected chi connectivity index (χ3v) is 3.18. The van der Waals surface area contributed by atoms with Gasteiger partial charge in [0.25, 0.3) is 5.91 Å². The number of hydrogen-bond acceptors (Lipinski definition) is 4. The Hall–Kier alpha value is -2.10. The number of aliphatic carboxylic acids is 1. The van der Waals surface area contributed by atoms with Gasteiger partial charge < -0.3 is 15.2 Å². The summed E-state index contributed by atoms with van der Waals surface area (Å²) in [6.45, 7) is -0.422. The third kappa shape index (κ3) is 3.47. The van der Waals surface area contributed by atoms with Gasteiger partial charge in [-0.05, 0) is 46.4 Å². The molecular weight excluding hydrogens is 379 g/mol. The minimum Gasteiger partial charge on any atom is -0.481 e. The van der Waals surface area contributed by atoms with Crippen LogP contribution in [0.2, 0.25) is 0 Å². The molecule has 0 atom stereocenters. The van der Waals surface area contributed by atoms with Crippen molar-refractivity contribution in [2.24, 2.45) is 0 Å². The van der Waals surface area contributed by atoms with Crippen molar-refractivity contribution < 1.29 is 24.2 Å². The Bertz CT molecular complexity index is 626. The van der Waals surface area contributed by atoms with Crippen LogP contribution in [0.3, 0.4) is 0 Å². The average Bonchev–Trinajstić information content (AvgIpc) is 2.66. The molecular formula is C12H9IN2O5. The van der Waals surface area contributed by atoms with Crippen molar-refractivity contribution in [2.75, 3.05) is 6.61 Å². The van der Waals surface area contributed by atoms with Gasteiger partial charge in [0.2, 0.25) is 0 Å². The van der Waals surface area contributed by atoms with Crippen molar-refractivity contribution in [3.63, 3.8) is 0 Å². The lowest BCUT2D eigenvalue weighted by atomic mass is 10.2. The van der Waals surface area contributed by atoms with E-state index in [1.807, 2.05) is 22.6 Å². The van der Waals surface area contributed by atoms with Crippen molar-refractivity contribution in [2.45, 2.75) is 0 Å². The molecule has 0 radical (unpaired) electrons. The smallest absolute Gasteiger partial charge is 0.341 e. The fourth-order valence-electron chi connectivity index (χ4n) is 1.51. The van der Waals surface area contributed by atoms with Gasteiger partial charge in [-0.2, -0.15) is 0 Å². The normalized spacial score (nSPS) is 15.9. The molecule has 1 saturated heterocycles. The van der Waals surface area contributed by atoms with Crippen LogP contribution in [-0.4, -0.2) is 29.6 Å². The zero-order valence-electron chi connectivity index (χ0n) is 9.97. The van der Waals surface area contributed by atoms with Crippen molar-refractivity contribution >= 4 is 46.6 Å². The maximum Gasteiger partial charge on any atom is 0.341 e. The molecule has 104 valence electrons. The number of carboxylic acids is 1. The van der Waals surface area contributed by atoms with Gasteiger partial charge in [0.05, 0.1) is 3.57 Å². The maximum atomic E-state index is 11.4. The highest BCUT2D eigenvalue weighted by atomic mass is 127. The number of imide groups is 1. The van der Waals surface area contributed by atoms with E-state index in [-0.39, 0.29) is 5.70 Å². The van der Waals surface area contributed by atoms with Crippen LogP contribution in [0, 0.1) is 3.57 Å². The fourth-order valence-corrected chi connectivity index (χ4v) is 2.21. The predicted molar refractivity (Wildman–Crippen MR) is 76.9 cm³/mol. The quantitative estimate of drug-likeness (QED) is 0.405. The first kappa shape index (κ1) is 14.3. The minimum atomic E-state index is -1.06. The lowest BCUT2D eigenvalue weighted by Crippen LogP contribution is -2.22. The van der Waals surface area contributed by atoms with Gasteiger partial charge in [-0.3, -0.25) is 10.1 Å². The number of carboxylic acid groups (broad SMARTS) is 1. The first-order chi connectivity index (χ1) is 9.45. The molecule has 2 rings (SSSR count). The van der Waals surface area contributed by atoms with E-state index in [4.69, 9.17) is 9.84 Å². The molecule has 0 saturated carbocycles. The molecule has 0 bridgehead atoms. The summed E-state index contributed by atoms with van der Waals surface area (Å²) in [5.74, 6) is -1.11. The lowest BCUT2D eigenvalue weighted by molar-refractivity contribution is -0.139. The van der Waals surface area contributed by atoms with Gasteiger partial charge in [-0.15, -0.1) is 0 Å². The number of hydrogen-bond donors (Lipinski definition) is 3. The van der Waals surface area contributed by atoms with E-state index in [1.165, 1.54) is 6.08 Å². The zero-order valence-corrected chi connectivity index (χ0v) is 12.1. The second-order valence-corrected chi connectivity index (χ2v) is 5.00. The Morgan fingerprint density at radius 1 is 1.35 bits per heavy atom. The fraction of sp³-hybridized carbons (Fsp3) is 0.0833. The number of carbonyl (C=O) groups excluding carboxylic acids is 2. The Kier molecular flexibility index (Phi) is 4.23. The van der Waals surface area contributed by atoms with Crippen molar-refractivity contribution in [3.8, 4) is 5.75 Å². The summed E-state index contributed by atoms with van der Waals surface area (Å²) in [5.41, 5.74) is 0.842. The van der Waals surface area contributed by atoms with Gasteiger partial charge in [-0.25, -0.2) is 9.59 Å². The molecule has 0 spiro atoms. The van der Waals surface area contributed by atoms with Gasteiger partial charge in [0.1, 0.15) is 11.4 Å². The summed E-state index contributed by atoms with van der Waals surface area (Å²) in [7, 11) is 0. The van der Waals surface area contributed by atoms with Crippen LogP contribution in [-0.2, 0) is 9.59 Å². The number of halogens is 1. The lowest BCUT2D eigenvalue weighted by Gasteiger charge is -2.06. The summed E-state index contributed by atoms with van der Waals surface area (Å²) >= 11 is 1.99. The number of ether oxygens (including phenoxy) is 1. The summed E-state index contributed by atoms with van der Waals surface area (Å²) in [6.07, 6.45) is 1.52. The summed E-state index contributed by atoms with van der Waals surface area (Å²) < 4.78 is 5.78. The van der Waals surface area contributed by atoms with E-state index in [9.17, 15) is 14.4 Å². The monoisotopic (exact) mass is 388 g/mol. The van der Waals surface area contributed by atoms with Gasteiger partial charge >= 0.3 is 12.0 Å². The highest BCUT2D eigenvalue weighted by molar-refractivity contribution is 14.1. The molecule has 1 aliphatic heterocycles. The van der Waals surface area contributed by atoms with E-state index >= 15 is 0 Å². The van der Waals surface area contributed by atoms with Crippen molar-refractivity contribution in [1.29, 1.82) is 0 Å². The SMILES string of the molecule is O=C(O)COc1ccc(/C=C2/NC(=O)NC2=O)cc1I. The molecule has 3 amide bonds. The number of urea groups is 1. The standard InChI is InChI=1S/C12H9IN2O5/c13-7-3-6(1-2-9(7)20-5-10(16)17)4-8-11(18)15-12(19)14-8/h1-4H,5H2,(H,16,17)(H2,14,15,18,19)/b8-4+. The molecule has 1 fully saturated rings. The van der Waals surface area contributed by atoms with Crippen molar-refractivity contribution in [1.82, 2.24) is 10.6 Å². The molecule has 20 heavy (non-hydrogen) atoms. The number of carbonyl (C=O) groups is 3. The van der Waals surface area contributed by atoms with E-state index in [0.29, 0.717) is 14.9 Å². The van der Waals surface area contributed by atoms with Crippen molar-refractivity contribution in [3.05, 3.63) is 33.0 Å². The first-order valence-corrected chi connectivity index (χ1v) is 6.52. The van der Waals surface area contributed by atoms with Crippen LogP contribution >= 0.6 is 22.6 Å². The van der Waals surface area contributed by atoms with Gasteiger partial charge in [-0.1, -0.05) is 6.07 Å². The Balaban J connectivity index is 2.17. The average molecular weight is 388 g/mol. The number of rotatable bonds is 4. The van der Waals surface area contributed by atoms with Crippen LogP contribution in [0.25, 0.3) is 6.08 Å². The molecule has 3 N–H and O–H groups in total. The van der Waals surface area contributed by atoms with E-state index in [0.717, 1.165) is 0 Å². The minimum absolute atomic E-state index is 0.157. The van der Waals surface area contributed by atoms with Crippen LogP contribution in [0.1, 0.15) is 5.56 Å². The number of nitrogens with one attached hydrogen (secondary N) is 2. The Morgan fingerprint density at radius 2 is 2.10 bits per heavy atom. The molecule has 7 nitrogen and oxygen atoms in total. The van der Waals surface area contributed by atoms with Gasteiger partial charge in [0.15, 0.2) is 6.61 Å². The maximum absolute atomic E-state index is 11.4. The van der Waals surface area contributed by atoms with E-state index in [2.05, 4.69) is 10.6 Å². The molecule has 0 unspecified atom stereocenters. The van der Waals surface area contributed by atoms with E-state index < -0.39 is 24.5 Å². The zero-order chi connectivity index (χ0) is 14.7. The van der Waals surface area contributed by atoms with E-state index in [1.54, 1.807) is 18.2 Å². The number of amides is 3. The Morgan fingerprint density at radius 3 is 2.65 bits per heavy atom. The van der Waals surface area contributed by atoms with Crippen LogP contribution < -0.4 is 15.4 Å². The molecule has 1 aromatic carbocycles. The Labute approximate surface area is 127 Å². The summed E-state index contributed by atoms with van der Waals surface area (Å²) in [6, 6.07) is 4.41. The molecule has 1 heterocycles. The topological polar surface area (TPSA) is 105 Å². The van der Waals surface area contributed by atoms with Crippen LogP contribution in [0.15, 0.2) is 23.9 Å². The largest absolute Gasteiger partial charge is 0.481 e. The second-order valence-electron chi connectivity index (χ2n) is 3.84. The second kappa shape index (κ2) is 5.90. The first-order valence-electron chi connectivity index (χ1n) is 5.44. The molecule has 0 aromatic heterocycles. The molecule has 0 aliphatic carbocycles. The molecule has 8 heteroatoms. The number of benzene rings is 1. The van der Waals surface area contributed by atoms with Crippen LogP contribution in [0.5, 0.6) is 5.75 Å². The third-order valence-electron chi connectivity index (χ3n) is 2.34. The van der Waals surface area contributed by atoms with Gasteiger partial charge in [0, 0.05) is 0 Å².